The van der Waals surface area contributed by atoms with Crippen molar-refractivity contribution in [2.45, 2.75) is 40.4 Å². The zero-order chi connectivity index (χ0) is 32.0. The molecule has 1 fully saturated rings. The van der Waals surface area contributed by atoms with Crippen molar-refractivity contribution < 1.29 is 28.6 Å². The van der Waals surface area contributed by atoms with Gasteiger partial charge >= 0.3 is 17.9 Å². The van der Waals surface area contributed by atoms with Crippen molar-refractivity contribution in [3.8, 4) is 0 Å². The van der Waals surface area contributed by atoms with E-state index in [2.05, 4.69) is 29.7 Å². The lowest BCUT2D eigenvalue weighted by atomic mass is 10.2. The first-order valence-corrected chi connectivity index (χ1v) is 15.4. The van der Waals surface area contributed by atoms with Gasteiger partial charge in [0.2, 0.25) is 0 Å². The molecule has 0 unspecified atom stereocenters. The second-order valence-electron chi connectivity index (χ2n) is 10.5. The van der Waals surface area contributed by atoms with Crippen LogP contribution >= 0.6 is 0 Å². The quantitative estimate of drug-likeness (QED) is 0.218. The van der Waals surface area contributed by atoms with Crippen LogP contribution in [0, 0.1) is 0 Å². The molecule has 0 amide bonds. The van der Waals surface area contributed by atoms with Crippen LogP contribution in [-0.4, -0.2) is 107 Å². The van der Waals surface area contributed by atoms with Gasteiger partial charge in [0.15, 0.2) is 0 Å². The smallest absolute Gasteiger partial charge is 0.356 e. The molecule has 0 spiro atoms. The highest BCUT2D eigenvalue weighted by Crippen LogP contribution is 2.13. The van der Waals surface area contributed by atoms with Gasteiger partial charge in [-0.3, -0.25) is 14.7 Å². The van der Waals surface area contributed by atoms with E-state index < -0.39 is 17.9 Å². The lowest BCUT2D eigenvalue weighted by molar-refractivity contribution is 0.0509. The van der Waals surface area contributed by atoms with Gasteiger partial charge < -0.3 is 14.2 Å². The fourth-order valence-electron chi connectivity index (χ4n) is 5.00. The molecular weight excluding hydrogens is 576 g/mol. The van der Waals surface area contributed by atoms with Crippen molar-refractivity contribution in [2.75, 3.05) is 59.1 Å². The van der Waals surface area contributed by atoms with Gasteiger partial charge in [0.05, 0.1) is 36.9 Å². The highest BCUT2D eigenvalue weighted by molar-refractivity contribution is 5.88. The molecule has 1 aliphatic heterocycles. The molecular formula is C33H42N6O6. The number of rotatable bonds is 12. The number of pyridine rings is 3. The van der Waals surface area contributed by atoms with E-state index in [4.69, 9.17) is 14.2 Å². The summed E-state index contributed by atoms with van der Waals surface area (Å²) in [7, 11) is 0. The van der Waals surface area contributed by atoms with Gasteiger partial charge in [-0.25, -0.2) is 29.3 Å². The molecule has 12 heteroatoms. The van der Waals surface area contributed by atoms with Crippen LogP contribution in [0.4, 0.5) is 0 Å². The summed E-state index contributed by atoms with van der Waals surface area (Å²) in [5, 5.41) is 0. The fourth-order valence-corrected chi connectivity index (χ4v) is 5.00. The molecule has 12 nitrogen and oxygen atoms in total. The molecule has 0 aromatic carbocycles. The number of esters is 3. The summed E-state index contributed by atoms with van der Waals surface area (Å²) in [5.41, 5.74) is 3.23. The Kier molecular flexibility index (Phi) is 12.9. The van der Waals surface area contributed by atoms with Crippen LogP contribution in [0.3, 0.4) is 0 Å². The number of ether oxygens (including phenoxy) is 3. The van der Waals surface area contributed by atoms with E-state index in [-0.39, 0.29) is 19.8 Å². The molecule has 0 N–H and O–H groups in total. The third kappa shape index (κ3) is 10.4. The Morgan fingerprint density at radius 2 is 0.778 bits per heavy atom. The van der Waals surface area contributed by atoms with Crippen LogP contribution in [0.2, 0.25) is 0 Å². The molecule has 0 radical (unpaired) electrons. The van der Waals surface area contributed by atoms with Crippen molar-refractivity contribution in [3.63, 3.8) is 0 Å². The maximum atomic E-state index is 12.3. The molecule has 1 aliphatic rings. The number of aromatic nitrogens is 3. The molecule has 45 heavy (non-hydrogen) atoms. The molecule has 1 saturated heterocycles. The van der Waals surface area contributed by atoms with Crippen LogP contribution in [0.25, 0.3) is 0 Å². The monoisotopic (exact) mass is 618 g/mol. The Bertz CT molecular complexity index is 1250. The van der Waals surface area contributed by atoms with Gasteiger partial charge in [0.25, 0.3) is 0 Å². The highest BCUT2D eigenvalue weighted by atomic mass is 16.5. The van der Waals surface area contributed by atoms with E-state index in [0.29, 0.717) is 36.7 Å². The van der Waals surface area contributed by atoms with E-state index in [9.17, 15) is 14.4 Å². The van der Waals surface area contributed by atoms with E-state index >= 15 is 0 Å². The molecule has 3 aromatic heterocycles. The van der Waals surface area contributed by atoms with Crippen LogP contribution in [0.5, 0.6) is 0 Å². The van der Waals surface area contributed by atoms with Crippen LogP contribution < -0.4 is 0 Å². The van der Waals surface area contributed by atoms with E-state index in [0.717, 1.165) is 56.4 Å². The standard InChI is InChI=1S/C33H42N6O6/c1-4-43-31(40)28-13-7-10-25(34-28)22-37-16-18-38(23-26-11-8-14-29(35-26)32(41)44-5-2)20-21-39(19-17-37)24-27-12-9-15-30(36-27)33(42)45-6-3/h7-15H,4-6,16-24H2,1-3H3. The number of carbonyl (C=O) groups excluding carboxylic acids is 3. The summed E-state index contributed by atoms with van der Waals surface area (Å²) < 4.78 is 15.4. The van der Waals surface area contributed by atoms with E-state index in [1.807, 2.05) is 36.4 Å². The zero-order valence-electron chi connectivity index (χ0n) is 26.3. The maximum Gasteiger partial charge on any atom is 0.356 e. The van der Waals surface area contributed by atoms with Crippen molar-refractivity contribution in [3.05, 3.63) is 88.8 Å². The van der Waals surface area contributed by atoms with Gasteiger partial charge in [-0.05, 0) is 57.2 Å². The zero-order valence-corrected chi connectivity index (χ0v) is 26.3. The van der Waals surface area contributed by atoms with E-state index in [1.165, 1.54) is 0 Å². The van der Waals surface area contributed by atoms with Crippen molar-refractivity contribution >= 4 is 17.9 Å². The molecule has 3 aromatic rings. The largest absolute Gasteiger partial charge is 0.461 e. The Morgan fingerprint density at radius 3 is 1.02 bits per heavy atom. The minimum atomic E-state index is -0.434. The first kappa shape index (κ1) is 33.6. The summed E-state index contributed by atoms with van der Waals surface area (Å²) in [5.74, 6) is -1.30. The molecule has 4 heterocycles. The van der Waals surface area contributed by atoms with Crippen LogP contribution in [0.1, 0.15) is 69.3 Å². The predicted molar refractivity (Wildman–Crippen MR) is 166 cm³/mol. The summed E-state index contributed by atoms with van der Waals surface area (Å²) in [4.78, 5) is 57.5. The Labute approximate surface area is 264 Å². The average molecular weight is 619 g/mol. The number of nitrogens with zero attached hydrogens (tertiary/aromatic N) is 6. The van der Waals surface area contributed by atoms with Crippen LogP contribution in [0.15, 0.2) is 54.6 Å². The topological polar surface area (TPSA) is 127 Å². The van der Waals surface area contributed by atoms with Gasteiger partial charge in [0.1, 0.15) is 17.1 Å². The summed E-state index contributed by atoms with van der Waals surface area (Å²) in [6, 6.07) is 16.2. The first-order valence-electron chi connectivity index (χ1n) is 15.4. The third-order valence-electron chi connectivity index (χ3n) is 7.23. The van der Waals surface area contributed by atoms with Crippen molar-refractivity contribution in [1.29, 1.82) is 0 Å². The van der Waals surface area contributed by atoms with Gasteiger partial charge in [-0.2, -0.15) is 0 Å². The van der Waals surface area contributed by atoms with Gasteiger partial charge in [-0.1, -0.05) is 18.2 Å². The lowest BCUT2D eigenvalue weighted by Gasteiger charge is -2.25. The van der Waals surface area contributed by atoms with Crippen molar-refractivity contribution in [1.82, 2.24) is 29.7 Å². The number of hydrogen-bond donors (Lipinski definition) is 0. The maximum absolute atomic E-state index is 12.3. The fraction of sp³-hybridized carbons (Fsp3) is 0.455. The normalized spacial score (nSPS) is 15.0. The molecule has 0 bridgehead atoms. The molecule has 4 rings (SSSR count). The molecule has 0 saturated carbocycles. The second-order valence-corrected chi connectivity index (χ2v) is 10.5. The Morgan fingerprint density at radius 1 is 0.511 bits per heavy atom. The highest BCUT2D eigenvalue weighted by Gasteiger charge is 2.20. The lowest BCUT2D eigenvalue weighted by Crippen LogP contribution is -2.36. The third-order valence-corrected chi connectivity index (χ3v) is 7.23. The molecule has 240 valence electrons. The Hall–Kier alpha value is -4.26. The molecule has 0 aliphatic carbocycles. The summed E-state index contributed by atoms with van der Waals surface area (Å²) in [6.07, 6.45) is 0. The SMILES string of the molecule is CCOC(=O)c1cccc(CN2CCN(Cc3cccc(C(=O)OCC)n3)CCN(Cc3cccc(C(=O)OCC)n3)CC2)n1. The average Bonchev–Trinajstić information content (AvgIpc) is 3.13. The molecule has 0 atom stereocenters. The second kappa shape index (κ2) is 17.3. The van der Waals surface area contributed by atoms with E-state index in [1.54, 1.807) is 39.0 Å². The van der Waals surface area contributed by atoms with Crippen LogP contribution in [-0.2, 0) is 33.8 Å². The summed E-state index contributed by atoms with van der Waals surface area (Å²) >= 11 is 0. The first-order chi connectivity index (χ1) is 21.9. The number of hydrogen-bond acceptors (Lipinski definition) is 12. The predicted octanol–water partition coefficient (Wildman–Crippen LogP) is 3.22. The minimum absolute atomic E-state index is 0.289. The van der Waals surface area contributed by atoms with Gasteiger partial charge in [0, 0.05) is 58.9 Å². The Balaban J connectivity index is 1.52. The number of carbonyl (C=O) groups is 3. The minimum Gasteiger partial charge on any atom is -0.461 e. The van der Waals surface area contributed by atoms with Crippen molar-refractivity contribution in [2.24, 2.45) is 0 Å². The van der Waals surface area contributed by atoms with Gasteiger partial charge in [-0.15, -0.1) is 0 Å². The summed E-state index contributed by atoms with van der Waals surface area (Å²) in [6.45, 7) is 12.4.